The first-order chi connectivity index (χ1) is 34.2. The van der Waals surface area contributed by atoms with Gasteiger partial charge in [-0.1, -0.05) is 221 Å². The van der Waals surface area contributed by atoms with Crippen molar-refractivity contribution in [2.24, 2.45) is 23.7 Å². The zero-order valence-corrected chi connectivity index (χ0v) is 42.0. The molecule has 0 spiro atoms. The average Bonchev–Trinajstić information content (AvgIpc) is 3.37. The number of hydrogen-bond donors (Lipinski definition) is 0. The topological polar surface area (TPSA) is 0 Å². The van der Waals surface area contributed by atoms with Crippen molar-refractivity contribution in [3.63, 3.8) is 0 Å². The van der Waals surface area contributed by atoms with Gasteiger partial charge in [0.25, 0.3) is 0 Å². The van der Waals surface area contributed by atoms with Crippen molar-refractivity contribution in [2.45, 2.75) is 174 Å². The number of aryl methyl sites for hydroxylation is 2. The fourth-order valence-electron chi connectivity index (χ4n) is 11.4. The van der Waals surface area contributed by atoms with Crippen LogP contribution in [0.3, 0.4) is 0 Å². The van der Waals surface area contributed by atoms with Crippen molar-refractivity contribution < 1.29 is 35.1 Å². The molecule has 0 aromatic heterocycles. The third-order valence-corrected chi connectivity index (χ3v) is 15.9. The van der Waals surface area contributed by atoms with Crippen LogP contribution < -0.4 is 0 Å². The highest BCUT2D eigenvalue weighted by molar-refractivity contribution is 5.90. The first kappa shape index (κ1) is 54.1. The largest absolute Gasteiger partial charge is 0.416 e. The quantitative estimate of drug-likeness (QED) is 0.0560. The Morgan fingerprint density at radius 2 is 0.718 bits per heavy atom. The van der Waals surface area contributed by atoms with Gasteiger partial charge < -0.3 is 0 Å². The summed E-state index contributed by atoms with van der Waals surface area (Å²) in [7, 11) is 0. The van der Waals surface area contributed by atoms with E-state index < -0.39 is 23.5 Å². The standard InChI is InChI=1S/C32H38F4.C31H36F4/c1-2-3-4-5-6-7-23-8-10-24(11-9-23)12-13-25-14-20-30-27(22-25)17-21-29(31(30)33)26-15-18-28(19-16-26)32(34,35)36;1-2-3-4-5-6-22-7-9-23(10-8-22)11-12-24-13-19-29-26(21-24)16-20-28(30(29)32)25-14-17-27(18-15-25)31(33,34)35/h14-24H,2-13H2,1H3;13-23H,2-12H2,1H3/t23-,24-;22-,23-. The molecular weight excluding hydrogens is 909 g/mol. The molecule has 0 aliphatic heterocycles. The molecule has 2 fully saturated rings. The molecule has 6 aromatic rings. The zero-order chi connectivity index (χ0) is 50.4. The molecule has 0 nitrogen and oxygen atoms in total. The molecule has 382 valence electrons. The molecule has 2 aliphatic carbocycles. The molecule has 71 heavy (non-hydrogen) atoms. The van der Waals surface area contributed by atoms with Crippen LogP contribution in [0.25, 0.3) is 43.8 Å². The molecule has 0 atom stereocenters. The van der Waals surface area contributed by atoms with Crippen LogP contribution in [-0.2, 0) is 25.2 Å². The van der Waals surface area contributed by atoms with Crippen LogP contribution in [-0.4, -0.2) is 0 Å². The van der Waals surface area contributed by atoms with E-state index in [9.17, 15) is 26.3 Å². The summed E-state index contributed by atoms with van der Waals surface area (Å²) in [6.07, 6.45) is 21.5. The minimum absolute atomic E-state index is 0.324. The zero-order valence-electron chi connectivity index (χ0n) is 42.0. The van der Waals surface area contributed by atoms with Crippen LogP contribution in [0.5, 0.6) is 0 Å². The number of benzene rings is 6. The fraction of sp³-hybridized carbons (Fsp3) is 0.492. The summed E-state index contributed by atoms with van der Waals surface area (Å²) in [5.41, 5.74) is 2.53. The van der Waals surface area contributed by atoms with Crippen molar-refractivity contribution >= 4 is 21.5 Å². The Labute approximate surface area is 418 Å². The summed E-state index contributed by atoms with van der Waals surface area (Å²) in [4.78, 5) is 0. The number of alkyl halides is 6. The summed E-state index contributed by atoms with van der Waals surface area (Å²) >= 11 is 0. The van der Waals surface area contributed by atoms with Gasteiger partial charge in [-0.2, -0.15) is 26.3 Å². The van der Waals surface area contributed by atoms with E-state index in [1.807, 2.05) is 36.4 Å². The molecule has 0 unspecified atom stereocenters. The average molecular weight is 983 g/mol. The van der Waals surface area contributed by atoms with Gasteiger partial charge in [0.15, 0.2) is 0 Å². The molecule has 0 bridgehead atoms. The van der Waals surface area contributed by atoms with Crippen LogP contribution in [0.2, 0.25) is 0 Å². The van der Waals surface area contributed by atoms with Gasteiger partial charge in [-0.3, -0.25) is 0 Å². The van der Waals surface area contributed by atoms with Crippen LogP contribution in [0.15, 0.2) is 109 Å². The summed E-state index contributed by atoms with van der Waals surface area (Å²) in [5, 5.41) is 2.70. The maximum Gasteiger partial charge on any atom is 0.416 e. The van der Waals surface area contributed by atoms with Crippen LogP contribution >= 0.6 is 0 Å². The lowest BCUT2D eigenvalue weighted by Crippen LogP contribution is -2.15. The molecule has 8 heteroatoms. The Morgan fingerprint density at radius 3 is 1.07 bits per heavy atom. The first-order valence-corrected chi connectivity index (χ1v) is 27.0. The molecule has 0 saturated heterocycles. The van der Waals surface area contributed by atoms with Gasteiger partial charge in [0.2, 0.25) is 0 Å². The highest BCUT2D eigenvalue weighted by Crippen LogP contribution is 2.39. The van der Waals surface area contributed by atoms with Crippen LogP contribution in [0, 0.1) is 35.3 Å². The Hall–Kier alpha value is -4.72. The lowest BCUT2D eigenvalue weighted by atomic mass is 9.77. The number of rotatable bonds is 19. The van der Waals surface area contributed by atoms with E-state index in [1.165, 1.54) is 170 Å². The monoisotopic (exact) mass is 983 g/mol. The summed E-state index contributed by atoms with van der Waals surface area (Å²) in [6, 6.07) is 28.2. The van der Waals surface area contributed by atoms with E-state index in [1.54, 1.807) is 12.1 Å². The molecular formula is C63H74F8. The lowest BCUT2D eigenvalue weighted by molar-refractivity contribution is -0.138. The van der Waals surface area contributed by atoms with E-state index in [0.717, 1.165) is 71.6 Å². The lowest BCUT2D eigenvalue weighted by Gasteiger charge is -2.28. The van der Waals surface area contributed by atoms with Crippen molar-refractivity contribution in [1.82, 2.24) is 0 Å². The van der Waals surface area contributed by atoms with Gasteiger partial charge in [0.1, 0.15) is 11.6 Å². The smallest absolute Gasteiger partial charge is 0.206 e. The molecule has 0 amide bonds. The van der Waals surface area contributed by atoms with Gasteiger partial charge in [-0.25, -0.2) is 8.78 Å². The Morgan fingerprint density at radius 1 is 0.380 bits per heavy atom. The molecule has 0 heterocycles. The molecule has 8 rings (SSSR count). The highest BCUT2D eigenvalue weighted by Gasteiger charge is 2.31. The second kappa shape index (κ2) is 25.8. The minimum atomic E-state index is -4.40. The summed E-state index contributed by atoms with van der Waals surface area (Å²) in [5.74, 6) is 2.65. The second-order valence-corrected chi connectivity index (χ2v) is 21.0. The molecule has 2 aliphatic rings. The Balaban J connectivity index is 0.000000209. The van der Waals surface area contributed by atoms with E-state index >= 15 is 8.78 Å². The highest BCUT2D eigenvalue weighted by atomic mass is 19.4. The normalized spacial score (nSPS) is 18.7. The van der Waals surface area contributed by atoms with Crippen molar-refractivity contribution in [1.29, 1.82) is 0 Å². The van der Waals surface area contributed by atoms with Crippen LogP contribution in [0.1, 0.15) is 171 Å². The van der Waals surface area contributed by atoms with Crippen LogP contribution in [0.4, 0.5) is 35.1 Å². The number of fused-ring (bicyclic) bond motifs is 2. The van der Waals surface area contributed by atoms with Gasteiger partial charge in [-0.15, -0.1) is 0 Å². The van der Waals surface area contributed by atoms with Gasteiger partial charge in [-0.05, 0) is 107 Å². The minimum Gasteiger partial charge on any atom is -0.206 e. The van der Waals surface area contributed by atoms with E-state index in [0.29, 0.717) is 33.0 Å². The first-order valence-electron chi connectivity index (χ1n) is 27.0. The predicted molar refractivity (Wildman–Crippen MR) is 278 cm³/mol. The summed E-state index contributed by atoms with van der Waals surface area (Å²) < 4.78 is 108. The van der Waals surface area contributed by atoms with Gasteiger partial charge in [0, 0.05) is 21.9 Å². The molecule has 0 radical (unpaired) electrons. The van der Waals surface area contributed by atoms with Crippen molar-refractivity contribution in [2.75, 3.05) is 0 Å². The van der Waals surface area contributed by atoms with Crippen molar-refractivity contribution in [3.8, 4) is 22.3 Å². The number of unbranched alkanes of at least 4 members (excludes halogenated alkanes) is 7. The summed E-state index contributed by atoms with van der Waals surface area (Å²) in [6.45, 7) is 4.53. The number of halogens is 8. The van der Waals surface area contributed by atoms with Gasteiger partial charge >= 0.3 is 12.4 Å². The third-order valence-electron chi connectivity index (χ3n) is 15.9. The maximum atomic E-state index is 15.3. The predicted octanol–water partition coefficient (Wildman–Crippen LogP) is 21.1. The Kier molecular flexibility index (Phi) is 19.6. The maximum absolute atomic E-state index is 15.3. The van der Waals surface area contributed by atoms with Gasteiger partial charge in [0.05, 0.1) is 11.1 Å². The van der Waals surface area contributed by atoms with Crippen molar-refractivity contribution in [3.05, 3.63) is 143 Å². The van der Waals surface area contributed by atoms with E-state index in [2.05, 4.69) is 26.0 Å². The SMILES string of the molecule is CCCCCCC[C@H]1CC[C@H](CCc2ccc3c(F)c(-c4ccc(C(F)(F)F)cc4)ccc3c2)CC1.CCCCCC[C@H]1CC[C@H](CCc2ccc3c(F)c(-c4ccc(C(F)(F)F)cc4)ccc3c2)CC1. The fourth-order valence-corrected chi connectivity index (χ4v) is 11.4. The van der Waals surface area contributed by atoms with E-state index in [-0.39, 0.29) is 11.6 Å². The second-order valence-electron chi connectivity index (χ2n) is 21.0. The molecule has 0 N–H and O–H groups in total. The third kappa shape index (κ3) is 15.4. The molecule has 6 aromatic carbocycles. The number of hydrogen-bond acceptors (Lipinski definition) is 0. The van der Waals surface area contributed by atoms with E-state index in [4.69, 9.17) is 0 Å². The Bertz CT molecular complexity index is 2550. The molecule has 2 saturated carbocycles.